The first-order valence-corrected chi connectivity index (χ1v) is 38.5. The van der Waals surface area contributed by atoms with Crippen LogP contribution in [-0.2, 0) is 65.4 Å². The fraction of sp³-hybridized carbons (Fsp3) is 0.884. The number of phosphoric ester groups is 2. The summed E-state index contributed by atoms with van der Waals surface area (Å²) in [5.41, 5.74) is 0. The Morgan fingerprint density at radius 1 is 0.364 bits per heavy atom. The number of esters is 4. The lowest BCUT2D eigenvalue weighted by Gasteiger charge is -2.21. The molecule has 0 saturated carbocycles. The summed E-state index contributed by atoms with van der Waals surface area (Å²) in [5, 5.41) is 10.5. The molecule has 3 unspecified atom stereocenters. The van der Waals surface area contributed by atoms with Crippen molar-refractivity contribution in [2.75, 3.05) is 39.6 Å². The molecule has 0 spiro atoms. The molecular formula is C69H130O17P2. The number of rotatable bonds is 67. The van der Waals surface area contributed by atoms with Gasteiger partial charge >= 0.3 is 39.5 Å². The van der Waals surface area contributed by atoms with Crippen molar-refractivity contribution in [2.45, 2.75) is 348 Å². The van der Waals surface area contributed by atoms with Gasteiger partial charge in [0.2, 0.25) is 0 Å². The number of allylic oxidation sites excluding steroid dienone is 4. The lowest BCUT2D eigenvalue weighted by molar-refractivity contribution is -0.161. The van der Waals surface area contributed by atoms with E-state index in [4.69, 9.17) is 37.0 Å². The second-order valence-electron chi connectivity index (χ2n) is 24.5. The molecule has 3 N–H and O–H groups in total. The summed E-state index contributed by atoms with van der Waals surface area (Å²) >= 11 is 0. The number of hydrogen-bond acceptors (Lipinski definition) is 15. The summed E-state index contributed by atoms with van der Waals surface area (Å²) in [6.45, 7) is 7.15. The minimum absolute atomic E-state index is 0.101. The molecule has 0 amide bonds. The van der Waals surface area contributed by atoms with Gasteiger partial charge in [-0.25, -0.2) is 9.13 Å². The Kier molecular flexibility index (Phi) is 60.3. The number of hydrogen-bond donors (Lipinski definition) is 3. The summed E-state index contributed by atoms with van der Waals surface area (Å²) in [7, 11) is -9.90. The van der Waals surface area contributed by atoms with Gasteiger partial charge in [-0.15, -0.1) is 0 Å². The van der Waals surface area contributed by atoms with Crippen molar-refractivity contribution < 1.29 is 80.2 Å². The Labute approximate surface area is 535 Å². The van der Waals surface area contributed by atoms with E-state index in [9.17, 15) is 43.2 Å². The fourth-order valence-electron chi connectivity index (χ4n) is 9.89. The van der Waals surface area contributed by atoms with Crippen molar-refractivity contribution in [1.29, 1.82) is 0 Å². The fourth-order valence-corrected chi connectivity index (χ4v) is 11.5. The van der Waals surface area contributed by atoms with Crippen LogP contribution in [0.5, 0.6) is 0 Å². The SMILES string of the molecule is CCCCCC/C=C\C=C/CCCCCCCC(=O)OC[C@H](COP(=O)(O)OC[C@@H](O)COP(=O)(O)OC[C@@H](COC(=O)CCCCCCCCC)OC(=O)CCCCCCCCCC)OC(=O)CCCCCCCCCCCCCCCCC(C)CC. The highest BCUT2D eigenvalue weighted by Gasteiger charge is 2.30. The van der Waals surface area contributed by atoms with E-state index in [2.05, 4.69) is 58.9 Å². The zero-order valence-electron chi connectivity index (χ0n) is 56.3. The summed E-state index contributed by atoms with van der Waals surface area (Å²) in [4.78, 5) is 72.2. The van der Waals surface area contributed by atoms with Gasteiger partial charge in [-0.05, 0) is 57.3 Å². The molecule has 0 rings (SSSR count). The molecule has 0 aliphatic rings. The molecule has 0 fully saturated rings. The van der Waals surface area contributed by atoms with E-state index in [-0.39, 0.29) is 25.7 Å². The minimum Gasteiger partial charge on any atom is -0.462 e. The van der Waals surface area contributed by atoms with Crippen LogP contribution in [0, 0.1) is 5.92 Å². The molecule has 0 aromatic carbocycles. The predicted octanol–water partition coefficient (Wildman–Crippen LogP) is 19.3. The van der Waals surface area contributed by atoms with Crippen LogP contribution in [0.1, 0.15) is 330 Å². The maximum absolute atomic E-state index is 13.0. The molecule has 0 radical (unpaired) electrons. The van der Waals surface area contributed by atoms with Crippen molar-refractivity contribution in [3.63, 3.8) is 0 Å². The first-order chi connectivity index (χ1) is 42.6. The highest BCUT2D eigenvalue weighted by atomic mass is 31.2. The van der Waals surface area contributed by atoms with Crippen molar-refractivity contribution in [2.24, 2.45) is 5.92 Å². The van der Waals surface area contributed by atoms with Gasteiger partial charge in [-0.1, -0.05) is 277 Å². The Morgan fingerprint density at radius 3 is 0.966 bits per heavy atom. The van der Waals surface area contributed by atoms with E-state index in [1.807, 2.05) is 0 Å². The molecule has 0 aliphatic heterocycles. The van der Waals surface area contributed by atoms with Crippen LogP contribution in [0.4, 0.5) is 0 Å². The monoisotopic (exact) mass is 1290 g/mol. The summed E-state index contributed by atoms with van der Waals surface area (Å²) < 4.78 is 68.0. The quantitative estimate of drug-likeness (QED) is 0.0169. The summed E-state index contributed by atoms with van der Waals surface area (Å²) in [6.07, 6.45) is 50.9. The van der Waals surface area contributed by atoms with Gasteiger partial charge in [-0.2, -0.15) is 0 Å². The normalized spacial score (nSPS) is 14.6. The topological polar surface area (TPSA) is 237 Å². The second-order valence-corrected chi connectivity index (χ2v) is 27.4. The van der Waals surface area contributed by atoms with E-state index in [1.165, 1.54) is 116 Å². The molecule has 88 heavy (non-hydrogen) atoms. The Bertz CT molecular complexity index is 1800. The third-order valence-corrected chi connectivity index (χ3v) is 17.7. The summed E-state index contributed by atoms with van der Waals surface area (Å²) in [5.74, 6) is -1.32. The van der Waals surface area contributed by atoms with Gasteiger partial charge in [-0.3, -0.25) is 37.3 Å². The molecule has 0 aromatic heterocycles. The average Bonchev–Trinajstić information content (AvgIpc) is 3.54. The van der Waals surface area contributed by atoms with Crippen LogP contribution in [-0.4, -0.2) is 96.7 Å². The molecule has 6 atom stereocenters. The van der Waals surface area contributed by atoms with E-state index in [0.717, 1.165) is 134 Å². The minimum atomic E-state index is -4.96. The number of phosphoric acid groups is 2. The molecule has 19 heteroatoms. The van der Waals surface area contributed by atoms with Crippen molar-refractivity contribution in [1.82, 2.24) is 0 Å². The lowest BCUT2D eigenvalue weighted by atomic mass is 9.99. The van der Waals surface area contributed by atoms with Crippen LogP contribution in [0.3, 0.4) is 0 Å². The molecule has 0 bridgehead atoms. The van der Waals surface area contributed by atoms with Gasteiger partial charge in [0.15, 0.2) is 12.2 Å². The standard InChI is InChI=1S/C69H130O17P2/c1-6-10-13-16-19-21-22-23-24-28-31-34-39-43-48-53-67(72)80-59-65(86-69(74)55-50-45-40-35-32-29-26-25-27-30-33-37-41-46-51-62(5)9-4)61-84-88(77,78)82-57-63(70)56-81-87(75,76)83-60-64(58-79-66(71)52-47-42-36-18-15-12-8-3)85-68(73)54-49-44-38-20-17-14-11-7-2/h21-24,62-65,70H,6-20,25-61H2,1-5H3,(H,75,76)(H,77,78)/b22-21-,24-23-/t62?,63-,64+,65+/m0/s1. The van der Waals surface area contributed by atoms with Crippen LogP contribution in [0.25, 0.3) is 0 Å². The lowest BCUT2D eigenvalue weighted by Crippen LogP contribution is -2.30. The smallest absolute Gasteiger partial charge is 0.462 e. The molecule has 0 saturated heterocycles. The molecule has 0 aliphatic carbocycles. The van der Waals surface area contributed by atoms with Gasteiger partial charge < -0.3 is 33.8 Å². The maximum Gasteiger partial charge on any atom is 0.472 e. The number of unbranched alkanes of at least 4 members (excludes halogenated alkanes) is 35. The molecule has 0 aromatic rings. The second kappa shape index (κ2) is 62.0. The zero-order valence-corrected chi connectivity index (χ0v) is 58.1. The number of carbonyl (C=O) groups excluding carboxylic acids is 4. The average molecular weight is 1290 g/mol. The number of aliphatic hydroxyl groups excluding tert-OH is 1. The highest BCUT2D eigenvalue weighted by molar-refractivity contribution is 7.47. The van der Waals surface area contributed by atoms with Gasteiger partial charge in [0.25, 0.3) is 0 Å². The van der Waals surface area contributed by atoms with E-state index < -0.39 is 97.5 Å². The zero-order chi connectivity index (χ0) is 64.9. The van der Waals surface area contributed by atoms with Crippen LogP contribution >= 0.6 is 15.6 Å². The molecule has 518 valence electrons. The highest BCUT2D eigenvalue weighted by Crippen LogP contribution is 2.45. The van der Waals surface area contributed by atoms with Crippen molar-refractivity contribution in [3.8, 4) is 0 Å². The van der Waals surface area contributed by atoms with Crippen LogP contribution in [0.15, 0.2) is 24.3 Å². The third kappa shape index (κ3) is 61.1. The van der Waals surface area contributed by atoms with Crippen LogP contribution in [0.2, 0.25) is 0 Å². The first kappa shape index (κ1) is 85.5. The molecule has 17 nitrogen and oxygen atoms in total. The van der Waals surface area contributed by atoms with Crippen LogP contribution < -0.4 is 0 Å². The predicted molar refractivity (Wildman–Crippen MR) is 354 cm³/mol. The number of ether oxygens (including phenoxy) is 4. The maximum atomic E-state index is 13.0. The Balaban J connectivity index is 5.21. The number of aliphatic hydroxyl groups is 1. The number of carbonyl (C=O) groups is 4. The van der Waals surface area contributed by atoms with Crippen molar-refractivity contribution >= 4 is 39.5 Å². The van der Waals surface area contributed by atoms with E-state index in [0.29, 0.717) is 25.7 Å². The third-order valence-electron chi connectivity index (χ3n) is 15.8. The van der Waals surface area contributed by atoms with Gasteiger partial charge in [0.05, 0.1) is 26.4 Å². The largest absolute Gasteiger partial charge is 0.472 e. The molecular weight excluding hydrogens is 1160 g/mol. The Hall–Kier alpha value is -2.46. The summed E-state index contributed by atoms with van der Waals surface area (Å²) in [6, 6.07) is 0. The van der Waals surface area contributed by atoms with E-state index in [1.54, 1.807) is 0 Å². The van der Waals surface area contributed by atoms with Crippen molar-refractivity contribution in [3.05, 3.63) is 24.3 Å². The molecule has 0 heterocycles. The Morgan fingerprint density at radius 2 is 0.636 bits per heavy atom. The van der Waals surface area contributed by atoms with Gasteiger partial charge in [0, 0.05) is 25.7 Å². The van der Waals surface area contributed by atoms with Gasteiger partial charge in [0.1, 0.15) is 19.3 Å². The van der Waals surface area contributed by atoms with E-state index >= 15 is 0 Å². The first-order valence-electron chi connectivity index (χ1n) is 35.5.